The molecule has 1 saturated heterocycles. The number of rotatable bonds is 6. The first-order chi connectivity index (χ1) is 13.9. The highest BCUT2D eigenvalue weighted by atomic mass is 32.2. The zero-order valence-electron chi connectivity index (χ0n) is 15.7. The molecule has 3 rings (SSSR count). The highest BCUT2D eigenvalue weighted by Gasteiger charge is 2.34. The van der Waals surface area contributed by atoms with Crippen molar-refractivity contribution in [3.05, 3.63) is 58.5 Å². The number of methoxy groups -OCH3 is 1. The normalized spacial score (nSPS) is 15.0. The van der Waals surface area contributed by atoms with E-state index in [1.165, 1.54) is 13.2 Å². The Bertz CT molecular complexity index is 1010. The van der Waals surface area contributed by atoms with Crippen LogP contribution in [0.15, 0.2) is 47.4 Å². The second kappa shape index (κ2) is 8.97. The number of thiocarbonyl (C=S) groups is 1. The number of hydrogen-bond acceptors (Lipinski definition) is 7. The molecule has 1 heterocycles. The van der Waals surface area contributed by atoms with Crippen molar-refractivity contribution in [1.29, 1.82) is 0 Å². The summed E-state index contributed by atoms with van der Waals surface area (Å²) in [5.74, 6) is -0.238. The average molecular weight is 431 g/mol. The topological polar surface area (TPSA) is 88.1 Å². The summed E-state index contributed by atoms with van der Waals surface area (Å²) in [6, 6.07) is 11.4. The molecule has 2 N–H and O–H groups in total. The standard InChI is InChI=1S/C20H18N2O5S2/c1-3-27-16-10-12(8-9-14(16)23)11-17-19(25)22(20(28)29-17)21-18(24)13-6-4-5-7-15(13)26-2/h4-11,23H,3H2,1-2H3,(H,21,24)/b17-11-. The van der Waals surface area contributed by atoms with Crippen LogP contribution < -0.4 is 14.9 Å². The van der Waals surface area contributed by atoms with E-state index in [1.54, 1.807) is 42.5 Å². The number of aromatic hydroxyl groups is 1. The maximum absolute atomic E-state index is 12.7. The van der Waals surface area contributed by atoms with Crippen LogP contribution in [0.1, 0.15) is 22.8 Å². The van der Waals surface area contributed by atoms with E-state index in [-0.39, 0.29) is 15.6 Å². The van der Waals surface area contributed by atoms with Gasteiger partial charge in [0.05, 0.1) is 24.2 Å². The molecule has 29 heavy (non-hydrogen) atoms. The number of thioether (sulfide) groups is 1. The Hall–Kier alpha value is -3.04. The average Bonchev–Trinajstić information content (AvgIpc) is 2.98. The molecule has 0 radical (unpaired) electrons. The molecular weight excluding hydrogens is 412 g/mol. The Morgan fingerprint density at radius 1 is 1.28 bits per heavy atom. The molecule has 1 fully saturated rings. The minimum Gasteiger partial charge on any atom is -0.504 e. The summed E-state index contributed by atoms with van der Waals surface area (Å²) in [6.07, 6.45) is 1.62. The number of carbonyl (C=O) groups is 2. The number of amides is 2. The Kier molecular flexibility index (Phi) is 6.40. The van der Waals surface area contributed by atoms with Crippen molar-refractivity contribution in [2.24, 2.45) is 0 Å². The number of hydrazine groups is 1. The van der Waals surface area contributed by atoms with Crippen LogP contribution in [0.5, 0.6) is 17.2 Å². The Morgan fingerprint density at radius 2 is 2.03 bits per heavy atom. The largest absolute Gasteiger partial charge is 0.504 e. The molecule has 2 aromatic rings. The van der Waals surface area contributed by atoms with Gasteiger partial charge in [-0.3, -0.25) is 15.0 Å². The van der Waals surface area contributed by atoms with Gasteiger partial charge in [0.25, 0.3) is 11.8 Å². The predicted molar refractivity (Wildman–Crippen MR) is 115 cm³/mol. The first-order valence-electron chi connectivity index (χ1n) is 8.62. The third-order valence-electron chi connectivity index (χ3n) is 3.94. The SMILES string of the molecule is CCOc1cc(/C=C2\SC(=S)N(NC(=O)c3ccccc3OC)C2=O)ccc1O. The van der Waals surface area contributed by atoms with E-state index in [9.17, 15) is 14.7 Å². The molecule has 0 spiro atoms. The van der Waals surface area contributed by atoms with Gasteiger partial charge in [0.2, 0.25) is 0 Å². The first kappa shape index (κ1) is 20.7. The molecular formula is C20H18N2O5S2. The van der Waals surface area contributed by atoms with Crippen LogP contribution in [0.2, 0.25) is 0 Å². The smallest absolute Gasteiger partial charge is 0.285 e. The maximum Gasteiger partial charge on any atom is 0.285 e. The Morgan fingerprint density at radius 3 is 2.76 bits per heavy atom. The highest BCUT2D eigenvalue weighted by molar-refractivity contribution is 8.26. The minimum atomic E-state index is -0.511. The third-order valence-corrected chi connectivity index (χ3v) is 5.24. The van der Waals surface area contributed by atoms with Gasteiger partial charge in [-0.05, 0) is 55.0 Å². The molecule has 0 saturated carbocycles. The zero-order chi connectivity index (χ0) is 21.0. The van der Waals surface area contributed by atoms with Gasteiger partial charge in [-0.1, -0.05) is 30.0 Å². The Labute approximate surface area is 177 Å². The number of benzene rings is 2. The summed E-state index contributed by atoms with van der Waals surface area (Å²) >= 11 is 6.31. The van der Waals surface area contributed by atoms with E-state index in [4.69, 9.17) is 21.7 Å². The number of hydrogen-bond donors (Lipinski definition) is 2. The van der Waals surface area contributed by atoms with E-state index in [0.717, 1.165) is 16.8 Å². The molecule has 0 unspecified atom stereocenters. The van der Waals surface area contributed by atoms with Gasteiger partial charge in [0.1, 0.15) is 5.75 Å². The molecule has 0 bridgehead atoms. The van der Waals surface area contributed by atoms with Crippen LogP contribution in [-0.4, -0.2) is 40.0 Å². The summed E-state index contributed by atoms with van der Waals surface area (Å²) in [5.41, 5.74) is 3.46. The van der Waals surface area contributed by atoms with Crippen molar-refractivity contribution >= 4 is 46.2 Å². The fraction of sp³-hybridized carbons (Fsp3) is 0.150. The lowest BCUT2D eigenvalue weighted by Crippen LogP contribution is -2.44. The quantitative estimate of drug-likeness (QED) is 0.537. The van der Waals surface area contributed by atoms with Crippen molar-refractivity contribution in [3.8, 4) is 17.2 Å². The molecule has 0 aliphatic carbocycles. The number of phenols is 1. The van der Waals surface area contributed by atoms with Crippen LogP contribution in [0, 0.1) is 0 Å². The summed E-state index contributed by atoms with van der Waals surface area (Å²) in [4.78, 5) is 25.7. The lowest BCUT2D eigenvalue weighted by molar-refractivity contribution is -0.123. The van der Waals surface area contributed by atoms with Crippen LogP contribution in [-0.2, 0) is 4.79 Å². The van der Waals surface area contributed by atoms with Crippen LogP contribution in [0.25, 0.3) is 6.08 Å². The summed E-state index contributed by atoms with van der Waals surface area (Å²) in [7, 11) is 1.46. The van der Waals surface area contributed by atoms with Crippen LogP contribution in [0.4, 0.5) is 0 Å². The van der Waals surface area contributed by atoms with E-state index < -0.39 is 11.8 Å². The van der Waals surface area contributed by atoms with E-state index in [2.05, 4.69) is 5.43 Å². The fourth-order valence-corrected chi connectivity index (χ4v) is 3.78. The number of ether oxygens (including phenoxy) is 2. The number of nitrogens with zero attached hydrogens (tertiary/aromatic N) is 1. The van der Waals surface area contributed by atoms with Crippen molar-refractivity contribution in [2.45, 2.75) is 6.92 Å². The number of carbonyl (C=O) groups excluding carboxylic acids is 2. The third kappa shape index (κ3) is 4.52. The van der Waals surface area contributed by atoms with Gasteiger partial charge in [0.15, 0.2) is 15.8 Å². The van der Waals surface area contributed by atoms with Gasteiger partial charge in [0, 0.05) is 0 Å². The molecule has 1 aliphatic heterocycles. The molecule has 1 aliphatic rings. The van der Waals surface area contributed by atoms with E-state index in [0.29, 0.717) is 28.6 Å². The van der Waals surface area contributed by atoms with E-state index in [1.807, 2.05) is 6.92 Å². The molecule has 150 valence electrons. The van der Waals surface area contributed by atoms with Crippen molar-refractivity contribution in [2.75, 3.05) is 13.7 Å². The van der Waals surface area contributed by atoms with Gasteiger partial charge < -0.3 is 14.6 Å². The summed E-state index contributed by atoms with van der Waals surface area (Å²) < 4.78 is 10.7. The molecule has 0 atom stereocenters. The number of para-hydroxylation sites is 1. The Balaban J connectivity index is 1.80. The van der Waals surface area contributed by atoms with Crippen molar-refractivity contribution in [1.82, 2.24) is 10.4 Å². The van der Waals surface area contributed by atoms with Gasteiger partial charge in [-0.2, -0.15) is 5.01 Å². The van der Waals surface area contributed by atoms with Gasteiger partial charge in [-0.15, -0.1) is 0 Å². The van der Waals surface area contributed by atoms with Crippen LogP contribution >= 0.6 is 24.0 Å². The monoisotopic (exact) mass is 430 g/mol. The molecule has 2 amide bonds. The predicted octanol–water partition coefficient (Wildman–Crippen LogP) is 3.35. The highest BCUT2D eigenvalue weighted by Crippen LogP contribution is 2.34. The van der Waals surface area contributed by atoms with Gasteiger partial charge >= 0.3 is 0 Å². The zero-order valence-corrected chi connectivity index (χ0v) is 17.3. The summed E-state index contributed by atoms with van der Waals surface area (Å²) in [6.45, 7) is 2.20. The van der Waals surface area contributed by atoms with Crippen LogP contribution in [0.3, 0.4) is 0 Å². The van der Waals surface area contributed by atoms with Crippen molar-refractivity contribution < 1.29 is 24.2 Å². The lowest BCUT2D eigenvalue weighted by atomic mass is 10.2. The lowest BCUT2D eigenvalue weighted by Gasteiger charge is -2.16. The van der Waals surface area contributed by atoms with E-state index >= 15 is 0 Å². The second-order valence-electron chi connectivity index (χ2n) is 5.82. The van der Waals surface area contributed by atoms with Crippen molar-refractivity contribution in [3.63, 3.8) is 0 Å². The maximum atomic E-state index is 12.7. The first-order valence-corrected chi connectivity index (χ1v) is 9.84. The number of nitrogens with one attached hydrogen (secondary N) is 1. The summed E-state index contributed by atoms with van der Waals surface area (Å²) in [5, 5.41) is 10.8. The fourth-order valence-electron chi connectivity index (χ4n) is 2.60. The van der Waals surface area contributed by atoms with Gasteiger partial charge in [-0.25, -0.2) is 0 Å². The molecule has 0 aromatic heterocycles. The molecule has 2 aromatic carbocycles. The number of phenolic OH excluding ortho intramolecular Hbond substituents is 1. The molecule has 9 heteroatoms. The second-order valence-corrected chi connectivity index (χ2v) is 7.49. The molecule has 7 nitrogen and oxygen atoms in total. The minimum absolute atomic E-state index is 0.0145.